The third-order valence-corrected chi connectivity index (χ3v) is 28.6. The van der Waals surface area contributed by atoms with Crippen LogP contribution in [0.2, 0.25) is 51.9 Å². The molecule has 360 valence electrons. The monoisotopic (exact) mass is 1000 g/mol. The number of carbonyl (C=O) groups excluding carboxylic acids is 2. The van der Waals surface area contributed by atoms with Gasteiger partial charge in [0, 0.05) is 6.92 Å². The molecule has 0 N–H and O–H groups in total. The number of aryl methyl sites for hydroxylation is 3. The molecule has 0 saturated carbocycles. The number of rotatable bonds is 17. The Hall–Kier alpha value is -5.97. The van der Waals surface area contributed by atoms with E-state index in [-0.39, 0.29) is 0 Å². The van der Waals surface area contributed by atoms with Crippen LogP contribution in [-0.4, -0.2) is 45.9 Å². The molecule has 1 atom stereocenters. The summed E-state index contributed by atoms with van der Waals surface area (Å²) in [5.41, 5.74) is 7.77. The summed E-state index contributed by atoms with van der Waals surface area (Å²) >= 11 is 0. The molecule has 0 amide bonds. The predicted octanol–water partition coefficient (Wildman–Crippen LogP) is 13.2. The molecular formula is C58H64O8Si4. The molecule has 1 aliphatic carbocycles. The van der Waals surface area contributed by atoms with Crippen LogP contribution in [0.3, 0.4) is 0 Å². The summed E-state index contributed by atoms with van der Waals surface area (Å²) in [7, 11) is -10.3. The van der Waals surface area contributed by atoms with Gasteiger partial charge in [0.2, 0.25) is 8.32 Å². The van der Waals surface area contributed by atoms with Crippen LogP contribution in [0.15, 0.2) is 170 Å². The Balaban J connectivity index is 1.07. The lowest BCUT2D eigenvalue weighted by atomic mass is 9.67. The van der Waals surface area contributed by atoms with E-state index in [0.717, 1.165) is 56.5 Å². The van der Waals surface area contributed by atoms with Crippen LogP contribution >= 0.6 is 0 Å². The highest BCUT2D eigenvalue weighted by Gasteiger charge is 2.49. The van der Waals surface area contributed by atoms with Gasteiger partial charge in [-0.1, -0.05) is 152 Å². The molecular weight excluding hydrogens is 937 g/mol. The Morgan fingerprint density at radius 2 is 0.971 bits per heavy atom. The van der Waals surface area contributed by atoms with Crippen LogP contribution in [0.4, 0.5) is 4.79 Å². The second kappa shape index (κ2) is 20.4. The molecule has 0 aromatic heterocycles. The van der Waals surface area contributed by atoms with E-state index < -0.39 is 51.3 Å². The summed E-state index contributed by atoms with van der Waals surface area (Å²) in [5, 5.41) is 2.37. The van der Waals surface area contributed by atoms with Gasteiger partial charge in [-0.25, -0.2) is 4.79 Å². The summed E-state index contributed by atoms with van der Waals surface area (Å²) in [6.45, 7) is 20.6. The summed E-state index contributed by atoms with van der Waals surface area (Å²) in [5.74, 6) is 0.909. The number of hydrogen-bond donors (Lipinski definition) is 0. The fourth-order valence-electron chi connectivity index (χ4n) is 10.3. The number of benzene rings is 7. The molecule has 0 radical (unpaired) electrons. The van der Waals surface area contributed by atoms with Gasteiger partial charge in [-0.15, -0.1) is 0 Å². The highest BCUT2D eigenvalue weighted by Crippen LogP contribution is 2.57. The van der Waals surface area contributed by atoms with Crippen molar-refractivity contribution in [2.45, 2.75) is 90.9 Å². The Kier molecular flexibility index (Phi) is 14.7. The second-order valence-corrected chi connectivity index (χ2v) is 35.5. The van der Waals surface area contributed by atoms with Crippen molar-refractivity contribution in [1.29, 1.82) is 0 Å². The van der Waals surface area contributed by atoms with Gasteiger partial charge < -0.3 is 26.6 Å². The average Bonchev–Trinajstić information content (AvgIpc) is 3.61. The minimum Gasteiger partial charge on any atom is -0.437 e. The number of ether oxygens (including phenoxy) is 3. The standard InChI is InChI=1S/C58H64O8Si4/c1-42-35-37-46(40-55(42)61-44(3)59)58(52-32-20-18-30-50(52)51-31-19-21-33-53(51)58)47-38-36-43(2)56(41-47)63-57(60)62-54-34-22-17-24-45(54)25-23-39-69(9,65-68(7,8)64-67(4,5)6)66-70(10,48-26-13-11-14-27-48)49-28-15-12-16-29-49/h11-22,24,26-38,40-41H,23,25,39H2,1-10H3. The minimum atomic E-state index is -2.99. The third kappa shape index (κ3) is 10.8. The Bertz CT molecular complexity index is 2920. The SMILES string of the molecule is CC(=O)Oc1cc(C2(c3ccc(C)c(OC(=O)Oc4ccccc4CCC[Si](C)(O[Si](C)(C)O[Si](C)(C)C)O[Si](C)(c4ccccc4)c4ccccc4)c3)c3ccccc3-c3ccccc32)ccc1C. The molecule has 1 aliphatic rings. The summed E-state index contributed by atoms with van der Waals surface area (Å²) in [4.78, 5) is 26.4. The predicted molar refractivity (Wildman–Crippen MR) is 290 cm³/mol. The Labute approximate surface area is 418 Å². The number of esters is 1. The van der Waals surface area contributed by atoms with Crippen molar-refractivity contribution in [3.63, 3.8) is 0 Å². The molecule has 7 aromatic carbocycles. The zero-order chi connectivity index (χ0) is 49.9. The molecule has 0 heterocycles. The number of hydrogen-bond acceptors (Lipinski definition) is 8. The van der Waals surface area contributed by atoms with Crippen LogP contribution < -0.4 is 24.6 Å². The summed E-state index contributed by atoms with van der Waals surface area (Å²) in [6.07, 6.45) is 0.511. The Morgan fingerprint density at radius 1 is 0.500 bits per heavy atom. The van der Waals surface area contributed by atoms with E-state index in [9.17, 15) is 9.59 Å². The molecule has 0 aliphatic heterocycles. The second-order valence-electron chi connectivity index (χ2n) is 20.0. The van der Waals surface area contributed by atoms with E-state index >= 15 is 0 Å². The van der Waals surface area contributed by atoms with Gasteiger partial charge in [0.25, 0.3) is 0 Å². The van der Waals surface area contributed by atoms with Gasteiger partial charge in [-0.3, -0.25) is 4.79 Å². The smallest absolute Gasteiger partial charge is 0.437 e. The van der Waals surface area contributed by atoms with Crippen LogP contribution in [0.25, 0.3) is 11.1 Å². The van der Waals surface area contributed by atoms with Gasteiger partial charge >= 0.3 is 29.2 Å². The lowest BCUT2D eigenvalue weighted by molar-refractivity contribution is -0.131. The highest BCUT2D eigenvalue weighted by atomic mass is 28.5. The first kappa shape index (κ1) is 50.4. The first-order valence-electron chi connectivity index (χ1n) is 24.1. The van der Waals surface area contributed by atoms with Crippen LogP contribution in [0.5, 0.6) is 17.2 Å². The third-order valence-electron chi connectivity index (χ3n) is 13.0. The zero-order valence-electron chi connectivity index (χ0n) is 42.1. The van der Waals surface area contributed by atoms with Crippen molar-refractivity contribution in [2.75, 3.05) is 0 Å². The summed E-state index contributed by atoms with van der Waals surface area (Å²) in [6, 6.07) is 58.3. The highest BCUT2D eigenvalue weighted by molar-refractivity contribution is 7.01. The van der Waals surface area contributed by atoms with E-state index in [1.165, 1.54) is 17.3 Å². The topological polar surface area (TPSA) is 89.5 Å². The van der Waals surface area contributed by atoms with Crippen LogP contribution in [0, 0.1) is 13.8 Å². The van der Waals surface area contributed by atoms with Crippen LogP contribution in [-0.2, 0) is 29.0 Å². The number of fused-ring (bicyclic) bond motifs is 3. The van der Waals surface area contributed by atoms with Crippen molar-refractivity contribution in [2.24, 2.45) is 0 Å². The van der Waals surface area contributed by atoms with E-state index in [2.05, 4.69) is 131 Å². The quantitative estimate of drug-likeness (QED) is 0.0386. The van der Waals surface area contributed by atoms with Gasteiger partial charge in [0.05, 0.1) is 5.41 Å². The van der Waals surface area contributed by atoms with Gasteiger partial charge in [-0.05, 0) is 157 Å². The maximum absolute atomic E-state index is 14.1. The first-order chi connectivity index (χ1) is 33.3. The van der Waals surface area contributed by atoms with Crippen molar-refractivity contribution in [3.8, 4) is 28.4 Å². The van der Waals surface area contributed by atoms with Gasteiger partial charge in [0.15, 0.2) is 8.32 Å². The van der Waals surface area contributed by atoms with E-state index in [0.29, 0.717) is 29.7 Å². The summed E-state index contributed by atoms with van der Waals surface area (Å²) < 4.78 is 39.7. The fourth-order valence-corrected chi connectivity index (χ4v) is 29.5. The molecule has 7 aromatic rings. The molecule has 0 fully saturated rings. The van der Waals surface area contributed by atoms with E-state index in [1.54, 1.807) is 0 Å². The van der Waals surface area contributed by atoms with Crippen molar-refractivity contribution in [3.05, 3.63) is 209 Å². The normalized spacial score (nSPS) is 14.0. The Morgan fingerprint density at radius 3 is 1.50 bits per heavy atom. The molecule has 12 heteroatoms. The molecule has 8 rings (SSSR count). The number of carbonyl (C=O) groups is 2. The van der Waals surface area contributed by atoms with Crippen molar-refractivity contribution < 1.29 is 36.1 Å². The van der Waals surface area contributed by atoms with Crippen molar-refractivity contribution >= 4 is 56.3 Å². The average molecular weight is 1000 g/mol. The van der Waals surface area contributed by atoms with Crippen LogP contribution in [0.1, 0.15) is 52.3 Å². The van der Waals surface area contributed by atoms with E-state index in [1.807, 2.05) is 98.8 Å². The largest absolute Gasteiger partial charge is 0.519 e. The zero-order valence-corrected chi connectivity index (χ0v) is 46.1. The number of para-hydroxylation sites is 1. The van der Waals surface area contributed by atoms with Gasteiger partial charge in [0.1, 0.15) is 17.2 Å². The molecule has 70 heavy (non-hydrogen) atoms. The first-order valence-corrected chi connectivity index (χ1v) is 35.3. The molecule has 0 saturated heterocycles. The lowest BCUT2D eigenvalue weighted by Crippen LogP contribution is -2.66. The van der Waals surface area contributed by atoms with Gasteiger partial charge in [-0.2, -0.15) is 0 Å². The maximum Gasteiger partial charge on any atom is 0.519 e. The molecule has 0 bridgehead atoms. The fraction of sp³-hybridized carbons (Fsp3) is 0.241. The van der Waals surface area contributed by atoms with E-state index in [4.69, 9.17) is 26.6 Å². The van der Waals surface area contributed by atoms with Crippen molar-refractivity contribution in [1.82, 2.24) is 0 Å². The molecule has 1 unspecified atom stereocenters. The minimum absolute atomic E-state index is 0.376. The lowest BCUT2D eigenvalue weighted by Gasteiger charge is -2.43. The molecule has 8 nitrogen and oxygen atoms in total. The molecule has 0 spiro atoms. The maximum atomic E-state index is 14.1.